The molecule has 1 unspecified atom stereocenters. The lowest BCUT2D eigenvalue weighted by molar-refractivity contribution is 0.0985. The highest BCUT2D eigenvalue weighted by Gasteiger charge is 2.31. The SMILES string of the molecule is CCNC(CN1CCC(C(C)(C)C)CC1)C1CCCC1. The Labute approximate surface area is 126 Å². The van der Waals surface area contributed by atoms with Crippen LogP contribution < -0.4 is 5.32 Å². The summed E-state index contributed by atoms with van der Waals surface area (Å²) in [6.45, 7) is 14.5. The molecule has 0 bridgehead atoms. The van der Waals surface area contributed by atoms with Crippen LogP contribution in [0.2, 0.25) is 0 Å². The van der Waals surface area contributed by atoms with Gasteiger partial charge in [-0.15, -0.1) is 0 Å². The van der Waals surface area contributed by atoms with Crippen LogP contribution in [0.5, 0.6) is 0 Å². The predicted molar refractivity (Wildman–Crippen MR) is 88.0 cm³/mol. The van der Waals surface area contributed by atoms with E-state index in [2.05, 4.69) is 37.9 Å². The zero-order valence-corrected chi connectivity index (χ0v) is 14.3. The largest absolute Gasteiger partial charge is 0.313 e. The Morgan fingerprint density at radius 1 is 1.05 bits per heavy atom. The van der Waals surface area contributed by atoms with E-state index in [0.29, 0.717) is 5.41 Å². The molecule has 1 heterocycles. The summed E-state index contributed by atoms with van der Waals surface area (Å²) in [5, 5.41) is 3.77. The van der Waals surface area contributed by atoms with Crippen molar-refractivity contribution in [2.24, 2.45) is 17.3 Å². The summed E-state index contributed by atoms with van der Waals surface area (Å²) >= 11 is 0. The maximum Gasteiger partial charge on any atom is 0.0223 e. The van der Waals surface area contributed by atoms with Gasteiger partial charge in [-0.05, 0) is 62.6 Å². The third-order valence-electron chi connectivity index (χ3n) is 5.70. The van der Waals surface area contributed by atoms with Crippen LogP contribution in [0.4, 0.5) is 0 Å². The van der Waals surface area contributed by atoms with Crippen LogP contribution in [0.25, 0.3) is 0 Å². The molecule has 1 atom stereocenters. The fourth-order valence-corrected chi connectivity index (χ4v) is 4.26. The molecular formula is C18H36N2. The fraction of sp³-hybridized carbons (Fsp3) is 1.00. The molecular weight excluding hydrogens is 244 g/mol. The van der Waals surface area contributed by atoms with Crippen LogP contribution in [-0.4, -0.2) is 37.1 Å². The first-order valence-corrected chi connectivity index (χ1v) is 8.96. The number of hydrogen-bond acceptors (Lipinski definition) is 2. The molecule has 2 fully saturated rings. The molecule has 0 aromatic heterocycles. The number of likely N-dealkylation sites (N-methyl/N-ethyl adjacent to an activating group) is 1. The van der Waals surface area contributed by atoms with Gasteiger partial charge in [0.2, 0.25) is 0 Å². The van der Waals surface area contributed by atoms with E-state index in [9.17, 15) is 0 Å². The van der Waals surface area contributed by atoms with Crippen molar-refractivity contribution in [3.8, 4) is 0 Å². The lowest BCUT2D eigenvalue weighted by atomic mass is 9.75. The van der Waals surface area contributed by atoms with Gasteiger partial charge in [0.25, 0.3) is 0 Å². The maximum atomic E-state index is 3.77. The van der Waals surface area contributed by atoms with Gasteiger partial charge in [0.15, 0.2) is 0 Å². The van der Waals surface area contributed by atoms with Crippen LogP contribution in [0, 0.1) is 17.3 Å². The van der Waals surface area contributed by atoms with Gasteiger partial charge >= 0.3 is 0 Å². The highest BCUT2D eigenvalue weighted by atomic mass is 15.2. The molecule has 2 heteroatoms. The minimum atomic E-state index is 0.499. The first-order valence-electron chi connectivity index (χ1n) is 8.96. The van der Waals surface area contributed by atoms with Crippen LogP contribution in [-0.2, 0) is 0 Å². The number of nitrogens with one attached hydrogen (secondary N) is 1. The van der Waals surface area contributed by atoms with Crippen molar-refractivity contribution in [2.45, 2.75) is 72.3 Å². The van der Waals surface area contributed by atoms with Gasteiger partial charge in [-0.25, -0.2) is 0 Å². The van der Waals surface area contributed by atoms with Crippen molar-refractivity contribution in [1.82, 2.24) is 10.2 Å². The van der Waals surface area contributed by atoms with Crippen LogP contribution in [0.15, 0.2) is 0 Å². The van der Waals surface area contributed by atoms with Gasteiger partial charge in [-0.2, -0.15) is 0 Å². The number of nitrogens with zero attached hydrogens (tertiary/aromatic N) is 1. The van der Waals surface area contributed by atoms with Crippen molar-refractivity contribution < 1.29 is 0 Å². The Kier molecular flexibility index (Phi) is 5.92. The van der Waals surface area contributed by atoms with Gasteiger partial charge in [-0.1, -0.05) is 40.5 Å². The molecule has 0 amide bonds. The molecule has 0 radical (unpaired) electrons. The van der Waals surface area contributed by atoms with Gasteiger partial charge < -0.3 is 10.2 Å². The molecule has 0 aromatic rings. The van der Waals surface area contributed by atoms with E-state index in [4.69, 9.17) is 0 Å². The third-order valence-corrected chi connectivity index (χ3v) is 5.70. The summed E-state index contributed by atoms with van der Waals surface area (Å²) in [5.41, 5.74) is 0.499. The monoisotopic (exact) mass is 280 g/mol. The number of likely N-dealkylation sites (tertiary alicyclic amines) is 1. The van der Waals surface area contributed by atoms with Gasteiger partial charge in [0.1, 0.15) is 0 Å². The Bertz CT molecular complexity index is 268. The van der Waals surface area contributed by atoms with E-state index >= 15 is 0 Å². The third kappa shape index (κ3) is 4.46. The second kappa shape index (κ2) is 7.26. The van der Waals surface area contributed by atoms with Gasteiger partial charge in [0, 0.05) is 12.6 Å². The number of hydrogen-bond donors (Lipinski definition) is 1. The second-order valence-corrected chi connectivity index (χ2v) is 8.15. The van der Waals surface area contributed by atoms with E-state index in [1.807, 2.05) is 0 Å². The highest BCUT2D eigenvalue weighted by Crippen LogP contribution is 2.35. The summed E-state index contributed by atoms with van der Waals surface area (Å²) in [4.78, 5) is 2.73. The normalized spacial score (nSPS) is 25.2. The zero-order valence-electron chi connectivity index (χ0n) is 14.3. The van der Waals surface area contributed by atoms with Crippen LogP contribution in [0.3, 0.4) is 0 Å². The standard InChI is InChI=1S/C18H36N2/c1-5-19-17(15-8-6-7-9-15)14-20-12-10-16(11-13-20)18(2,3)4/h15-17,19H,5-14H2,1-4H3. The fourth-order valence-electron chi connectivity index (χ4n) is 4.26. The van der Waals surface area contributed by atoms with Crippen molar-refractivity contribution in [3.63, 3.8) is 0 Å². The van der Waals surface area contributed by atoms with E-state index < -0.39 is 0 Å². The summed E-state index contributed by atoms with van der Waals surface area (Å²) in [7, 11) is 0. The summed E-state index contributed by atoms with van der Waals surface area (Å²) in [5.74, 6) is 1.86. The second-order valence-electron chi connectivity index (χ2n) is 8.15. The molecule has 2 aliphatic rings. The van der Waals surface area contributed by atoms with Crippen molar-refractivity contribution >= 4 is 0 Å². The molecule has 2 nitrogen and oxygen atoms in total. The van der Waals surface area contributed by atoms with E-state index in [-0.39, 0.29) is 0 Å². The molecule has 1 N–H and O–H groups in total. The van der Waals surface area contributed by atoms with Crippen molar-refractivity contribution in [2.75, 3.05) is 26.2 Å². The molecule has 1 aliphatic heterocycles. The summed E-state index contributed by atoms with van der Waals surface area (Å²) in [6.07, 6.45) is 8.61. The van der Waals surface area contributed by atoms with E-state index in [1.165, 1.54) is 58.2 Å². The molecule has 2 rings (SSSR count). The number of rotatable bonds is 5. The molecule has 1 saturated heterocycles. The maximum absolute atomic E-state index is 3.77. The lowest BCUT2D eigenvalue weighted by Crippen LogP contribution is -2.48. The molecule has 1 saturated carbocycles. The molecule has 118 valence electrons. The lowest BCUT2D eigenvalue weighted by Gasteiger charge is -2.40. The minimum absolute atomic E-state index is 0.499. The first-order chi connectivity index (χ1) is 9.50. The molecule has 0 aromatic carbocycles. The van der Waals surface area contributed by atoms with Gasteiger partial charge in [-0.3, -0.25) is 0 Å². The van der Waals surface area contributed by atoms with Crippen LogP contribution >= 0.6 is 0 Å². The Balaban J connectivity index is 1.80. The number of piperidine rings is 1. The van der Waals surface area contributed by atoms with E-state index in [1.54, 1.807) is 0 Å². The summed E-state index contributed by atoms with van der Waals surface area (Å²) < 4.78 is 0. The first kappa shape index (κ1) is 16.3. The quantitative estimate of drug-likeness (QED) is 0.821. The average molecular weight is 280 g/mol. The van der Waals surface area contributed by atoms with Crippen molar-refractivity contribution in [3.05, 3.63) is 0 Å². The Hall–Kier alpha value is -0.0800. The van der Waals surface area contributed by atoms with Gasteiger partial charge in [0.05, 0.1) is 0 Å². The molecule has 1 aliphatic carbocycles. The topological polar surface area (TPSA) is 15.3 Å². The average Bonchev–Trinajstić information content (AvgIpc) is 2.91. The predicted octanol–water partition coefficient (Wildman–Crippen LogP) is 3.91. The molecule has 20 heavy (non-hydrogen) atoms. The highest BCUT2D eigenvalue weighted by molar-refractivity contribution is 4.86. The Morgan fingerprint density at radius 3 is 2.15 bits per heavy atom. The summed E-state index contributed by atoms with van der Waals surface area (Å²) in [6, 6.07) is 0.744. The van der Waals surface area contributed by atoms with Crippen molar-refractivity contribution in [1.29, 1.82) is 0 Å². The van der Waals surface area contributed by atoms with Crippen LogP contribution in [0.1, 0.15) is 66.2 Å². The Morgan fingerprint density at radius 2 is 1.65 bits per heavy atom. The van der Waals surface area contributed by atoms with E-state index in [0.717, 1.165) is 24.4 Å². The minimum Gasteiger partial charge on any atom is -0.313 e. The smallest absolute Gasteiger partial charge is 0.0223 e. The molecule has 0 spiro atoms. The zero-order chi connectivity index (χ0) is 14.6.